The molecule has 3 fully saturated rings. The zero-order valence-corrected chi connectivity index (χ0v) is 9.87. The zero-order valence-electron chi connectivity index (χ0n) is 9.87. The van der Waals surface area contributed by atoms with Crippen molar-refractivity contribution in [2.24, 2.45) is 17.5 Å². The molecule has 0 radical (unpaired) electrons. The van der Waals surface area contributed by atoms with Gasteiger partial charge in [0.1, 0.15) is 0 Å². The Morgan fingerprint density at radius 3 is 2.60 bits per heavy atom. The first-order valence-electron chi connectivity index (χ1n) is 5.63. The van der Waals surface area contributed by atoms with Crippen LogP contribution in [0.15, 0.2) is 12.8 Å². The van der Waals surface area contributed by atoms with Gasteiger partial charge < -0.3 is 16.1 Å². The Hall–Kier alpha value is -0.580. The summed E-state index contributed by atoms with van der Waals surface area (Å²) < 4.78 is 0. The molecule has 3 unspecified atom stereocenters. The molecule has 0 aromatic rings. The highest BCUT2D eigenvalue weighted by molar-refractivity contribution is 5.09. The summed E-state index contributed by atoms with van der Waals surface area (Å²) in [5, 5.41) is 5.31. The van der Waals surface area contributed by atoms with E-state index in [0.29, 0.717) is 5.54 Å². The largest absolute Gasteiger partial charge is 0.333 e. The second-order valence-electron chi connectivity index (χ2n) is 4.73. The quantitative estimate of drug-likeness (QED) is 0.468. The summed E-state index contributed by atoms with van der Waals surface area (Å²) in [5.41, 5.74) is 4.80. The maximum atomic E-state index is 5.73. The summed E-state index contributed by atoms with van der Waals surface area (Å²) in [6, 6.07) is 0.752. The van der Waals surface area contributed by atoms with Gasteiger partial charge in [0, 0.05) is 17.8 Å². The number of nitrogens with zero attached hydrogens (tertiary/aromatic N) is 1. The lowest BCUT2D eigenvalue weighted by Gasteiger charge is -2.57. The fourth-order valence-corrected chi connectivity index (χ4v) is 2.99. The molecule has 4 heteroatoms. The molecule has 0 aromatic carbocycles. The van der Waals surface area contributed by atoms with Gasteiger partial charge in [0.2, 0.25) is 0 Å². The molecule has 0 spiro atoms. The SMILES string of the molecule is C=CN(N)CC12CC(C)CC(C1)N2.CN. The second-order valence-corrected chi connectivity index (χ2v) is 4.73. The Morgan fingerprint density at radius 2 is 2.13 bits per heavy atom. The Labute approximate surface area is 92.7 Å². The first-order valence-corrected chi connectivity index (χ1v) is 5.63. The van der Waals surface area contributed by atoms with E-state index in [1.54, 1.807) is 11.2 Å². The van der Waals surface area contributed by atoms with E-state index in [1.807, 2.05) is 0 Å². The third-order valence-corrected chi connectivity index (χ3v) is 3.29. The van der Waals surface area contributed by atoms with Gasteiger partial charge in [0.05, 0.1) is 6.54 Å². The van der Waals surface area contributed by atoms with Gasteiger partial charge in [-0.05, 0) is 32.2 Å². The van der Waals surface area contributed by atoms with Gasteiger partial charge in [-0.3, -0.25) is 0 Å². The summed E-state index contributed by atoms with van der Waals surface area (Å²) in [6.45, 7) is 6.90. The molecule has 3 rings (SSSR count). The molecule has 1 saturated carbocycles. The number of rotatable bonds is 3. The minimum absolute atomic E-state index is 0.297. The van der Waals surface area contributed by atoms with Crippen LogP contribution in [-0.4, -0.2) is 30.2 Å². The van der Waals surface area contributed by atoms with Gasteiger partial charge in [-0.15, -0.1) is 0 Å². The normalized spacial score (nSPS) is 37.1. The van der Waals surface area contributed by atoms with Crippen LogP contribution in [-0.2, 0) is 0 Å². The van der Waals surface area contributed by atoms with Crippen molar-refractivity contribution >= 4 is 0 Å². The third-order valence-electron chi connectivity index (χ3n) is 3.29. The Morgan fingerprint density at radius 1 is 1.53 bits per heavy atom. The van der Waals surface area contributed by atoms with Crippen LogP contribution in [0.25, 0.3) is 0 Å². The fraction of sp³-hybridized carbons (Fsp3) is 0.818. The van der Waals surface area contributed by atoms with Gasteiger partial charge in [-0.2, -0.15) is 0 Å². The average molecular weight is 212 g/mol. The van der Waals surface area contributed by atoms with Crippen LogP contribution in [0.3, 0.4) is 0 Å². The van der Waals surface area contributed by atoms with Crippen molar-refractivity contribution in [3.63, 3.8) is 0 Å². The van der Waals surface area contributed by atoms with Crippen molar-refractivity contribution in [1.29, 1.82) is 0 Å². The fourth-order valence-electron chi connectivity index (χ4n) is 2.99. The molecule has 0 aromatic heterocycles. The van der Waals surface area contributed by atoms with E-state index in [9.17, 15) is 0 Å². The molecule has 2 heterocycles. The number of piperidine rings is 1. The first-order chi connectivity index (χ1) is 7.13. The van der Waals surface area contributed by atoms with Crippen molar-refractivity contribution in [1.82, 2.24) is 10.3 Å². The van der Waals surface area contributed by atoms with Crippen LogP contribution >= 0.6 is 0 Å². The predicted octanol–water partition coefficient (Wildman–Crippen LogP) is 0.411. The van der Waals surface area contributed by atoms with Crippen LogP contribution in [0.5, 0.6) is 0 Å². The highest BCUT2D eigenvalue weighted by atomic mass is 15.4. The first kappa shape index (κ1) is 12.5. The lowest BCUT2D eigenvalue weighted by Crippen LogP contribution is -2.71. The maximum Gasteiger partial charge on any atom is 0.0518 e. The molecule has 2 saturated heterocycles. The van der Waals surface area contributed by atoms with Crippen LogP contribution in [0.4, 0.5) is 0 Å². The molecule has 15 heavy (non-hydrogen) atoms. The van der Waals surface area contributed by atoms with Crippen LogP contribution in [0.1, 0.15) is 26.2 Å². The van der Waals surface area contributed by atoms with Crippen molar-refractivity contribution in [2.75, 3.05) is 13.6 Å². The minimum atomic E-state index is 0.297. The maximum absolute atomic E-state index is 5.73. The molecule has 2 aliphatic heterocycles. The monoisotopic (exact) mass is 212 g/mol. The summed E-state index contributed by atoms with van der Waals surface area (Å²) in [4.78, 5) is 0. The summed E-state index contributed by atoms with van der Waals surface area (Å²) in [6.07, 6.45) is 5.58. The van der Waals surface area contributed by atoms with E-state index < -0.39 is 0 Å². The second kappa shape index (κ2) is 4.96. The smallest absolute Gasteiger partial charge is 0.0518 e. The molecular formula is C11H24N4. The third kappa shape index (κ3) is 2.71. The number of fused-ring (bicyclic) bond motifs is 2. The van der Waals surface area contributed by atoms with Crippen molar-refractivity contribution < 1.29 is 0 Å². The molecule has 3 atom stereocenters. The van der Waals surface area contributed by atoms with Crippen LogP contribution in [0.2, 0.25) is 0 Å². The van der Waals surface area contributed by atoms with Gasteiger partial charge in [-0.1, -0.05) is 13.5 Å². The van der Waals surface area contributed by atoms with Crippen LogP contribution < -0.4 is 16.9 Å². The molecule has 2 bridgehead atoms. The van der Waals surface area contributed by atoms with E-state index >= 15 is 0 Å². The van der Waals surface area contributed by atoms with Gasteiger partial charge in [-0.25, -0.2) is 5.84 Å². The van der Waals surface area contributed by atoms with E-state index in [1.165, 1.54) is 26.3 Å². The number of nitrogens with two attached hydrogens (primary N) is 2. The number of hydrogen-bond acceptors (Lipinski definition) is 4. The molecule has 5 N–H and O–H groups in total. The topological polar surface area (TPSA) is 67.3 Å². The summed E-state index contributed by atoms with van der Waals surface area (Å²) in [5.74, 6) is 6.58. The summed E-state index contributed by atoms with van der Waals surface area (Å²) in [7, 11) is 1.50. The van der Waals surface area contributed by atoms with Crippen molar-refractivity contribution in [3.8, 4) is 0 Å². The lowest BCUT2D eigenvalue weighted by molar-refractivity contribution is 0.0180. The summed E-state index contributed by atoms with van der Waals surface area (Å²) >= 11 is 0. The average Bonchev–Trinajstić information content (AvgIpc) is 2.18. The highest BCUT2D eigenvalue weighted by Gasteiger charge is 2.49. The molecule has 1 aliphatic carbocycles. The van der Waals surface area contributed by atoms with E-state index in [-0.39, 0.29) is 0 Å². The van der Waals surface area contributed by atoms with Gasteiger partial charge in [0.15, 0.2) is 0 Å². The standard InChI is InChI=1S/C10H19N3.CH5N/c1-3-13(11)7-10-5-8(2)4-9(6-10)12-10;1-2/h3,8-9,12H,1,4-7,11H2,2H3;2H2,1H3. The number of nitrogens with one attached hydrogen (secondary N) is 1. The molecule has 88 valence electrons. The minimum Gasteiger partial charge on any atom is -0.333 e. The van der Waals surface area contributed by atoms with E-state index in [4.69, 9.17) is 5.84 Å². The lowest BCUT2D eigenvalue weighted by atomic mass is 9.66. The molecule has 3 aliphatic rings. The predicted molar refractivity (Wildman–Crippen MR) is 63.9 cm³/mol. The van der Waals surface area contributed by atoms with Crippen molar-refractivity contribution in [2.45, 2.75) is 37.8 Å². The zero-order chi connectivity index (χ0) is 11.5. The van der Waals surface area contributed by atoms with E-state index in [2.05, 4.69) is 24.6 Å². The van der Waals surface area contributed by atoms with E-state index in [0.717, 1.165) is 18.5 Å². The number of hydrazine groups is 1. The molecule has 0 amide bonds. The highest BCUT2D eigenvalue weighted by Crippen LogP contribution is 2.41. The Kier molecular flexibility index (Phi) is 4.13. The number of hydrogen-bond donors (Lipinski definition) is 3. The van der Waals surface area contributed by atoms with Gasteiger partial charge in [0.25, 0.3) is 0 Å². The Bertz CT molecular complexity index is 211. The molecular weight excluding hydrogens is 188 g/mol. The molecule has 4 nitrogen and oxygen atoms in total. The van der Waals surface area contributed by atoms with Gasteiger partial charge >= 0.3 is 0 Å². The van der Waals surface area contributed by atoms with Crippen molar-refractivity contribution in [3.05, 3.63) is 12.8 Å². The van der Waals surface area contributed by atoms with Crippen LogP contribution in [0, 0.1) is 5.92 Å². The Balaban J connectivity index is 0.000000531.